The number of benzene rings is 2. The first-order chi connectivity index (χ1) is 28.8. The van der Waals surface area contributed by atoms with E-state index in [-0.39, 0.29) is 54.4 Å². The minimum absolute atomic E-state index is 0. The first kappa shape index (κ1) is 43.0. The lowest BCUT2D eigenvalue weighted by Gasteiger charge is -2.21. The number of hydrogen-bond acceptors (Lipinski definition) is 11. The number of H-pyrrole nitrogens is 2. The molecule has 3 N–H and O–H groups in total. The summed E-state index contributed by atoms with van der Waals surface area (Å²) in [6, 6.07) is 20.9. The standard InChI is InChI=1S/C22H29N5O3.C22H27N5O2.CH4/c1-15-12-27(13-16-5-3-2-4-6-16)14-18(15)20-24-22(29)19(25-26-20)11-23-21(28)17-7-9-30-10-8-17;1-15-12-26(13-16-5-3-2-4-6-16)14-18(15)20-24-22(28)19-11-23-21(27(19)25-20)17-7-9-29-10-8-17;/h2-6,15,17-18H,7-14H2,1H3,(H,23,28)(H,24,26,29);2-6,11,15,17-18H,7-10,12-14H2,1H3,(H,24,25,28);1H4. The van der Waals surface area contributed by atoms with Crippen LogP contribution in [0.5, 0.6) is 0 Å². The second kappa shape index (κ2) is 20.0. The van der Waals surface area contributed by atoms with Crippen LogP contribution < -0.4 is 16.4 Å². The summed E-state index contributed by atoms with van der Waals surface area (Å²) in [6.07, 6.45) is 4.93. The van der Waals surface area contributed by atoms with Crippen molar-refractivity contribution in [2.75, 3.05) is 52.6 Å². The molecule has 320 valence electrons. The lowest BCUT2D eigenvalue weighted by Crippen LogP contribution is -2.36. The number of imidazole rings is 1. The highest BCUT2D eigenvalue weighted by Gasteiger charge is 2.35. The molecule has 4 unspecified atom stereocenters. The molecular weight excluding hydrogens is 761 g/mol. The van der Waals surface area contributed by atoms with E-state index >= 15 is 0 Å². The van der Waals surface area contributed by atoms with E-state index in [1.807, 2.05) is 12.1 Å². The van der Waals surface area contributed by atoms with Gasteiger partial charge in [-0.2, -0.15) is 5.10 Å². The molecule has 0 bridgehead atoms. The van der Waals surface area contributed by atoms with Gasteiger partial charge in [-0.25, -0.2) is 9.50 Å². The number of fused-ring (bicyclic) bond motifs is 1. The van der Waals surface area contributed by atoms with E-state index in [1.54, 1.807) is 10.7 Å². The van der Waals surface area contributed by atoms with Gasteiger partial charge in [0.1, 0.15) is 23.2 Å². The van der Waals surface area contributed by atoms with Crippen molar-refractivity contribution in [2.45, 2.75) is 84.3 Å². The summed E-state index contributed by atoms with van der Waals surface area (Å²) in [6.45, 7) is 12.7. The predicted octanol–water partition coefficient (Wildman–Crippen LogP) is 4.63. The van der Waals surface area contributed by atoms with Crippen LogP contribution in [-0.4, -0.2) is 103 Å². The van der Waals surface area contributed by atoms with Crippen LogP contribution in [0.1, 0.15) is 99.0 Å². The molecule has 3 aromatic heterocycles. The third-order valence-electron chi connectivity index (χ3n) is 12.4. The van der Waals surface area contributed by atoms with Gasteiger partial charge in [0.2, 0.25) is 5.91 Å². The number of nitrogens with one attached hydrogen (secondary N) is 3. The van der Waals surface area contributed by atoms with Crippen LogP contribution in [0.25, 0.3) is 5.52 Å². The lowest BCUT2D eigenvalue weighted by atomic mass is 9.97. The van der Waals surface area contributed by atoms with Gasteiger partial charge in [0.25, 0.3) is 11.1 Å². The van der Waals surface area contributed by atoms with Crippen LogP contribution in [0.2, 0.25) is 0 Å². The molecule has 0 spiro atoms. The van der Waals surface area contributed by atoms with Gasteiger partial charge < -0.3 is 24.8 Å². The number of rotatable bonds is 10. The Morgan fingerprint density at radius 2 is 1.28 bits per heavy atom. The Kier molecular flexibility index (Phi) is 14.3. The van der Waals surface area contributed by atoms with Crippen LogP contribution in [0.15, 0.2) is 76.4 Å². The van der Waals surface area contributed by atoms with Gasteiger partial charge in [-0.15, -0.1) is 10.2 Å². The number of amides is 1. The van der Waals surface area contributed by atoms with E-state index in [9.17, 15) is 14.4 Å². The van der Waals surface area contributed by atoms with Gasteiger partial charge in [-0.3, -0.25) is 24.2 Å². The van der Waals surface area contributed by atoms with Gasteiger partial charge in [0, 0.05) is 89.4 Å². The average molecular weight is 821 g/mol. The molecule has 4 saturated heterocycles. The quantitative estimate of drug-likeness (QED) is 0.179. The molecule has 9 rings (SSSR count). The molecular formula is C45H60N10O5. The second-order valence-electron chi connectivity index (χ2n) is 16.8. The Bertz CT molecular complexity index is 2270. The summed E-state index contributed by atoms with van der Waals surface area (Å²) in [4.78, 5) is 52.8. The molecule has 5 aromatic rings. The van der Waals surface area contributed by atoms with Crippen molar-refractivity contribution >= 4 is 11.4 Å². The Balaban J connectivity index is 0.000000179. The van der Waals surface area contributed by atoms with Crippen molar-refractivity contribution in [1.29, 1.82) is 0 Å². The molecule has 60 heavy (non-hydrogen) atoms. The maximum atomic E-state index is 12.7. The van der Waals surface area contributed by atoms with Gasteiger partial charge in [0.05, 0.1) is 12.7 Å². The van der Waals surface area contributed by atoms with E-state index in [0.29, 0.717) is 55.2 Å². The van der Waals surface area contributed by atoms with E-state index in [0.717, 1.165) is 77.0 Å². The zero-order valence-electron chi connectivity index (χ0n) is 34.1. The number of aromatic amines is 2. The monoisotopic (exact) mass is 820 g/mol. The van der Waals surface area contributed by atoms with Crippen LogP contribution in [0, 0.1) is 17.8 Å². The van der Waals surface area contributed by atoms with E-state index in [1.165, 1.54) is 11.1 Å². The van der Waals surface area contributed by atoms with Crippen LogP contribution in [-0.2, 0) is 33.9 Å². The second-order valence-corrected chi connectivity index (χ2v) is 16.8. The van der Waals surface area contributed by atoms with Crippen LogP contribution in [0.3, 0.4) is 0 Å². The average Bonchev–Trinajstić information content (AvgIpc) is 3.97. The smallest absolute Gasteiger partial charge is 0.276 e. The normalized spacial score (nSPS) is 22.9. The topological polar surface area (TPSA) is 176 Å². The van der Waals surface area contributed by atoms with Gasteiger partial charge in [-0.05, 0) is 48.6 Å². The first-order valence-electron chi connectivity index (χ1n) is 21.2. The Morgan fingerprint density at radius 3 is 1.87 bits per heavy atom. The molecule has 4 aliphatic rings. The number of aromatic nitrogens is 7. The third-order valence-corrected chi connectivity index (χ3v) is 12.4. The fourth-order valence-corrected chi connectivity index (χ4v) is 9.05. The van der Waals surface area contributed by atoms with Crippen molar-refractivity contribution in [3.8, 4) is 0 Å². The Hall–Kier alpha value is -5.09. The summed E-state index contributed by atoms with van der Waals surface area (Å²) >= 11 is 0. The predicted molar refractivity (Wildman–Crippen MR) is 228 cm³/mol. The van der Waals surface area contributed by atoms with Crippen LogP contribution >= 0.6 is 0 Å². The molecule has 4 aliphatic heterocycles. The highest BCUT2D eigenvalue weighted by Crippen LogP contribution is 2.33. The van der Waals surface area contributed by atoms with Crippen LogP contribution in [0.4, 0.5) is 0 Å². The van der Waals surface area contributed by atoms with Crippen molar-refractivity contribution in [1.82, 2.24) is 49.9 Å². The molecule has 0 radical (unpaired) electrons. The Morgan fingerprint density at radius 1 is 0.733 bits per heavy atom. The minimum atomic E-state index is -0.277. The maximum Gasteiger partial charge on any atom is 0.276 e. The maximum absolute atomic E-state index is 12.7. The number of carbonyl (C=O) groups excluding carboxylic acids is 1. The summed E-state index contributed by atoms with van der Waals surface area (Å²) < 4.78 is 12.6. The molecule has 4 fully saturated rings. The highest BCUT2D eigenvalue weighted by molar-refractivity contribution is 5.78. The molecule has 7 heterocycles. The van der Waals surface area contributed by atoms with Crippen molar-refractivity contribution in [2.24, 2.45) is 17.8 Å². The molecule has 15 nitrogen and oxygen atoms in total. The van der Waals surface area contributed by atoms with E-state index < -0.39 is 0 Å². The molecule has 15 heteroatoms. The SMILES string of the molecule is C.CC1CN(Cc2ccccc2)CC1c1nn2c(C3CCOCC3)ncc2c(=O)[nH]1.CC1CN(Cc2ccccc2)CC1c1nnc(CNC(=O)C2CCOCC2)c(=O)[nH]1. The zero-order chi connectivity index (χ0) is 40.7. The van der Waals surface area contributed by atoms with E-state index in [4.69, 9.17) is 14.6 Å². The highest BCUT2D eigenvalue weighted by atomic mass is 16.5. The van der Waals surface area contributed by atoms with E-state index in [2.05, 4.69) is 103 Å². The van der Waals surface area contributed by atoms with Crippen molar-refractivity contribution < 1.29 is 14.3 Å². The molecule has 2 aromatic carbocycles. The number of carbonyl (C=O) groups is 1. The first-order valence-corrected chi connectivity index (χ1v) is 21.2. The summed E-state index contributed by atoms with van der Waals surface area (Å²) in [5.41, 5.74) is 2.98. The van der Waals surface area contributed by atoms with Crippen molar-refractivity contribution in [3.05, 3.63) is 122 Å². The fourth-order valence-electron chi connectivity index (χ4n) is 9.05. The summed E-state index contributed by atoms with van der Waals surface area (Å²) in [5.74, 6) is 3.63. The number of ether oxygens (including phenoxy) is 2. The third kappa shape index (κ3) is 10.3. The minimum Gasteiger partial charge on any atom is -0.381 e. The van der Waals surface area contributed by atoms with Crippen molar-refractivity contribution in [3.63, 3.8) is 0 Å². The van der Waals surface area contributed by atoms with Gasteiger partial charge in [-0.1, -0.05) is 81.9 Å². The molecule has 0 aliphatic carbocycles. The number of hydrogen-bond donors (Lipinski definition) is 3. The molecule has 4 atom stereocenters. The van der Waals surface area contributed by atoms with Gasteiger partial charge >= 0.3 is 0 Å². The molecule has 0 saturated carbocycles. The lowest BCUT2D eigenvalue weighted by molar-refractivity contribution is -0.128. The number of nitrogens with zero attached hydrogens (tertiary/aromatic N) is 7. The fraction of sp³-hybridized carbons (Fsp3) is 0.533. The summed E-state index contributed by atoms with van der Waals surface area (Å²) in [5, 5.41) is 16.1. The number of likely N-dealkylation sites (tertiary alicyclic amines) is 2. The zero-order valence-corrected chi connectivity index (χ0v) is 34.1. The summed E-state index contributed by atoms with van der Waals surface area (Å²) in [7, 11) is 0. The molecule has 1 amide bonds. The van der Waals surface area contributed by atoms with Gasteiger partial charge in [0.15, 0.2) is 5.52 Å². The Labute approximate surface area is 351 Å². The largest absolute Gasteiger partial charge is 0.381 e.